The Morgan fingerprint density at radius 2 is 2.00 bits per heavy atom. The number of anilines is 1. The Morgan fingerprint density at radius 3 is 2.88 bits per heavy atom. The van der Waals surface area contributed by atoms with Gasteiger partial charge in [0.25, 0.3) is 0 Å². The molecule has 2 aromatic carbocycles. The van der Waals surface area contributed by atoms with Gasteiger partial charge in [0, 0.05) is 5.69 Å². The molecule has 0 unspecified atom stereocenters. The second-order valence-electron chi connectivity index (χ2n) is 3.51. The van der Waals surface area contributed by atoms with Gasteiger partial charge in [-0.25, -0.2) is 0 Å². The van der Waals surface area contributed by atoms with Gasteiger partial charge in [0.05, 0.1) is 9.79 Å². The summed E-state index contributed by atoms with van der Waals surface area (Å²) in [5, 5.41) is 9.67. The van der Waals surface area contributed by atoms with Gasteiger partial charge in [0.1, 0.15) is 5.75 Å². The summed E-state index contributed by atoms with van der Waals surface area (Å²) < 4.78 is 5.64. The highest BCUT2D eigenvalue weighted by Gasteiger charge is 2.20. The van der Waals surface area contributed by atoms with Crippen molar-refractivity contribution in [1.29, 1.82) is 0 Å². The lowest BCUT2D eigenvalue weighted by Crippen LogP contribution is -1.96. The Bertz CT molecular complexity index is 569. The van der Waals surface area contributed by atoms with Crippen molar-refractivity contribution in [3.63, 3.8) is 0 Å². The lowest BCUT2D eigenvalue weighted by atomic mass is 10.3. The number of phenolic OH excluding ortho intramolecular Hbond substituents is 1. The zero-order chi connectivity index (χ0) is 11.1. The fourth-order valence-corrected chi connectivity index (χ4v) is 2.63. The highest BCUT2D eigenvalue weighted by molar-refractivity contribution is 7.99. The van der Waals surface area contributed by atoms with E-state index in [1.54, 1.807) is 30.0 Å². The number of benzene rings is 2. The number of aromatic hydroxyl groups is 1. The maximum absolute atomic E-state index is 9.67. The van der Waals surface area contributed by atoms with Gasteiger partial charge in [0.2, 0.25) is 0 Å². The monoisotopic (exact) mass is 231 g/mol. The third kappa shape index (κ3) is 1.39. The number of ether oxygens (including phenoxy) is 1. The van der Waals surface area contributed by atoms with E-state index in [-0.39, 0.29) is 5.75 Å². The first-order valence-corrected chi connectivity index (χ1v) is 5.63. The second-order valence-corrected chi connectivity index (χ2v) is 4.60. The Balaban J connectivity index is 2.13. The first-order chi connectivity index (χ1) is 7.74. The Morgan fingerprint density at radius 1 is 1.12 bits per heavy atom. The van der Waals surface area contributed by atoms with Crippen molar-refractivity contribution in [3.8, 4) is 17.2 Å². The number of nitrogens with two attached hydrogens (primary N) is 1. The lowest BCUT2D eigenvalue weighted by Gasteiger charge is -2.20. The summed E-state index contributed by atoms with van der Waals surface area (Å²) in [6, 6.07) is 10.8. The van der Waals surface area contributed by atoms with Gasteiger partial charge < -0.3 is 15.6 Å². The minimum Gasteiger partial charge on any atom is -0.504 e. The van der Waals surface area contributed by atoms with Gasteiger partial charge in [-0.2, -0.15) is 0 Å². The minimum absolute atomic E-state index is 0.160. The molecule has 1 aliphatic rings. The Hall–Kier alpha value is -1.81. The van der Waals surface area contributed by atoms with E-state index in [1.165, 1.54) is 0 Å². The van der Waals surface area contributed by atoms with Crippen LogP contribution in [0.2, 0.25) is 0 Å². The molecule has 3 rings (SSSR count). The van der Waals surface area contributed by atoms with Gasteiger partial charge in [-0.1, -0.05) is 17.8 Å². The van der Waals surface area contributed by atoms with E-state index in [9.17, 15) is 5.11 Å². The standard InChI is InChI=1S/C12H9NO2S/c13-7-4-5-9-11(6-7)16-10-3-1-2-8(14)12(10)15-9/h1-6,14H,13H2. The zero-order valence-electron chi connectivity index (χ0n) is 8.31. The summed E-state index contributed by atoms with van der Waals surface area (Å²) >= 11 is 1.55. The predicted octanol–water partition coefficient (Wildman–Crippen LogP) is 3.23. The molecule has 0 aliphatic carbocycles. The van der Waals surface area contributed by atoms with E-state index in [0.717, 1.165) is 15.5 Å². The van der Waals surface area contributed by atoms with E-state index in [1.807, 2.05) is 18.2 Å². The molecule has 3 N–H and O–H groups in total. The molecule has 0 saturated carbocycles. The summed E-state index contributed by atoms with van der Waals surface area (Å²) in [6.45, 7) is 0. The smallest absolute Gasteiger partial charge is 0.182 e. The van der Waals surface area contributed by atoms with Crippen LogP contribution in [0.5, 0.6) is 17.2 Å². The molecular weight excluding hydrogens is 222 g/mol. The number of para-hydroxylation sites is 1. The molecule has 0 radical (unpaired) electrons. The maximum Gasteiger partial charge on any atom is 0.182 e. The summed E-state index contributed by atoms with van der Waals surface area (Å²) in [6.07, 6.45) is 0. The Kier molecular flexibility index (Phi) is 1.97. The molecule has 16 heavy (non-hydrogen) atoms. The van der Waals surface area contributed by atoms with Crippen LogP contribution >= 0.6 is 11.8 Å². The molecular formula is C12H9NO2S. The van der Waals surface area contributed by atoms with Crippen molar-refractivity contribution in [3.05, 3.63) is 36.4 Å². The molecule has 0 spiro atoms. The average Bonchev–Trinajstić information content (AvgIpc) is 2.27. The van der Waals surface area contributed by atoms with Crippen LogP contribution < -0.4 is 10.5 Å². The van der Waals surface area contributed by atoms with Gasteiger partial charge in [-0.05, 0) is 30.3 Å². The molecule has 1 aliphatic heterocycles. The van der Waals surface area contributed by atoms with Crippen LogP contribution in [0.25, 0.3) is 0 Å². The van der Waals surface area contributed by atoms with E-state index in [4.69, 9.17) is 10.5 Å². The van der Waals surface area contributed by atoms with Crippen LogP contribution in [-0.2, 0) is 0 Å². The highest BCUT2D eigenvalue weighted by Crippen LogP contribution is 2.50. The van der Waals surface area contributed by atoms with E-state index < -0.39 is 0 Å². The van der Waals surface area contributed by atoms with Crippen LogP contribution in [0.3, 0.4) is 0 Å². The molecule has 0 atom stereocenters. The van der Waals surface area contributed by atoms with Crippen LogP contribution in [-0.4, -0.2) is 5.11 Å². The van der Waals surface area contributed by atoms with Crippen LogP contribution in [0, 0.1) is 0 Å². The molecule has 1 heterocycles. The summed E-state index contributed by atoms with van der Waals surface area (Å²) in [4.78, 5) is 1.87. The number of nitrogen functional groups attached to an aromatic ring is 1. The predicted molar refractivity (Wildman–Crippen MR) is 63.2 cm³/mol. The van der Waals surface area contributed by atoms with Gasteiger partial charge >= 0.3 is 0 Å². The molecule has 4 heteroatoms. The lowest BCUT2D eigenvalue weighted by molar-refractivity contribution is 0.395. The number of rotatable bonds is 0. The topological polar surface area (TPSA) is 55.5 Å². The van der Waals surface area contributed by atoms with Crippen LogP contribution in [0.15, 0.2) is 46.2 Å². The molecule has 80 valence electrons. The summed E-state index contributed by atoms with van der Waals surface area (Å²) in [7, 11) is 0. The maximum atomic E-state index is 9.67. The number of phenols is 1. The fourth-order valence-electron chi connectivity index (χ4n) is 1.60. The van der Waals surface area contributed by atoms with Crippen molar-refractivity contribution in [2.75, 3.05) is 5.73 Å². The van der Waals surface area contributed by atoms with Gasteiger partial charge in [-0.3, -0.25) is 0 Å². The van der Waals surface area contributed by atoms with E-state index in [2.05, 4.69) is 0 Å². The number of hydrogen-bond donors (Lipinski definition) is 2. The van der Waals surface area contributed by atoms with Crippen LogP contribution in [0.4, 0.5) is 5.69 Å². The molecule has 0 saturated heterocycles. The van der Waals surface area contributed by atoms with E-state index >= 15 is 0 Å². The van der Waals surface area contributed by atoms with Crippen molar-refractivity contribution >= 4 is 17.4 Å². The third-order valence-electron chi connectivity index (χ3n) is 2.36. The van der Waals surface area contributed by atoms with Crippen molar-refractivity contribution < 1.29 is 9.84 Å². The van der Waals surface area contributed by atoms with Gasteiger partial charge in [-0.15, -0.1) is 0 Å². The fraction of sp³-hybridized carbons (Fsp3) is 0. The SMILES string of the molecule is Nc1ccc2c(c1)Sc1cccc(O)c1O2. The normalized spacial score (nSPS) is 12.5. The van der Waals surface area contributed by atoms with Crippen LogP contribution in [0.1, 0.15) is 0 Å². The Labute approximate surface area is 96.9 Å². The minimum atomic E-state index is 0.160. The molecule has 0 aromatic heterocycles. The molecule has 3 nitrogen and oxygen atoms in total. The first kappa shape index (κ1) is 9.42. The summed E-state index contributed by atoms with van der Waals surface area (Å²) in [5.41, 5.74) is 6.42. The molecule has 0 fully saturated rings. The largest absolute Gasteiger partial charge is 0.504 e. The number of hydrogen-bond acceptors (Lipinski definition) is 4. The molecule has 2 aromatic rings. The molecule has 0 bridgehead atoms. The highest BCUT2D eigenvalue weighted by atomic mass is 32.2. The van der Waals surface area contributed by atoms with E-state index in [0.29, 0.717) is 11.4 Å². The molecule has 0 amide bonds. The average molecular weight is 231 g/mol. The summed E-state index contributed by atoms with van der Waals surface area (Å²) in [5.74, 6) is 1.41. The second kappa shape index (κ2) is 3.35. The van der Waals surface area contributed by atoms with Gasteiger partial charge in [0.15, 0.2) is 11.5 Å². The first-order valence-electron chi connectivity index (χ1n) is 4.81. The third-order valence-corrected chi connectivity index (χ3v) is 3.44. The van der Waals surface area contributed by atoms with Crippen molar-refractivity contribution in [2.24, 2.45) is 0 Å². The number of fused-ring (bicyclic) bond motifs is 2. The zero-order valence-corrected chi connectivity index (χ0v) is 9.12. The van der Waals surface area contributed by atoms with Crippen molar-refractivity contribution in [2.45, 2.75) is 9.79 Å². The quantitative estimate of drug-likeness (QED) is 0.583. The van der Waals surface area contributed by atoms with Crippen molar-refractivity contribution in [1.82, 2.24) is 0 Å².